The summed E-state index contributed by atoms with van der Waals surface area (Å²) in [6.07, 6.45) is 11.4. The van der Waals surface area contributed by atoms with Crippen LogP contribution < -0.4 is 10.6 Å². The molecule has 7 nitrogen and oxygen atoms in total. The molecule has 7 heteroatoms. The lowest BCUT2D eigenvalue weighted by Crippen LogP contribution is -2.46. The first kappa shape index (κ1) is 18.3. The van der Waals surface area contributed by atoms with Gasteiger partial charge >= 0.3 is 0 Å². The Bertz CT molecular complexity index is 904. The van der Waals surface area contributed by atoms with Gasteiger partial charge in [-0.15, -0.1) is 0 Å². The third-order valence-corrected chi connectivity index (χ3v) is 6.80. The van der Waals surface area contributed by atoms with Gasteiger partial charge in [0.2, 0.25) is 5.95 Å². The number of likely N-dealkylation sites (tertiary alicyclic amines) is 1. The minimum absolute atomic E-state index is 0.0363. The highest BCUT2D eigenvalue weighted by Gasteiger charge is 2.44. The number of aryl methyl sites for hydroxylation is 1. The van der Waals surface area contributed by atoms with Crippen molar-refractivity contribution < 1.29 is 4.79 Å². The van der Waals surface area contributed by atoms with E-state index in [1.807, 2.05) is 23.2 Å². The normalized spacial score (nSPS) is 24.0. The van der Waals surface area contributed by atoms with Crippen molar-refractivity contribution in [2.75, 3.05) is 36.8 Å². The number of fused-ring (bicyclic) bond motifs is 2. The van der Waals surface area contributed by atoms with Gasteiger partial charge in [-0.3, -0.25) is 4.79 Å². The maximum absolute atomic E-state index is 12.7. The third-order valence-electron chi connectivity index (χ3n) is 6.80. The molecule has 152 valence electrons. The first-order valence-electron chi connectivity index (χ1n) is 10.8. The van der Waals surface area contributed by atoms with Crippen LogP contribution in [-0.2, 0) is 11.8 Å². The van der Waals surface area contributed by atoms with Gasteiger partial charge in [0.15, 0.2) is 0 Å². The predicted molar refractivity (Wildman–Crippen MR) is 112 cm³/mol. The van der Waals surface area contributed by atoms with E-state index in [-0.39, 0.29) is 11.3 Å². The summed E-state index contributed by atoms with van der Waals surface area (Å²) in [5.74, 6) is 1.41. The lowest BCUT2D eigenvalue weighted by Gasteiger charge is -2.41. The van der Waals surface area contributed by atoms with Crippen molar-refractivity contribution in [2.45, 2.75) is 50.4 Å². The fourth-order valence-electron chi connectivity index (χ4n) is 5.26. The number of rotatable bonds is 2. The average Bonchev–Trinajstić information content (AvgIpc) is 3.11. The zero-order valence-electron chi connectivity index (χ0n) is 16.8. The number of nitrogens with zero attached hydrogens (tertiary/aromatic N) is 5. The minimum Gasteiger partial charge on any atom is -0.368 e. The molecule has 2 fully saturated rings. The number of piperidine rings is 2. The lowest BCUT2D eigenvalue weighted by atomic mass is 9.77. The Kier molecular flexibility index (Phi) is 4.60. The van der Waals surface area contributed by atoms with E-state index in [0.29, 0.717) is 11.5 Å². The third kappa shape index (κ3) is 3.32. The molecule has 3 aliphatic rings. The number of carbonyl (C=O) groups excluding carboxylic acids is 1. The summed E-state index contributed by atoms with van der Waals surface area (Å²) in [4.78, 5) is 30.5. The largest absolute Gasteiger partial charge is 0.368 e. The van der Waals surface area contributed by atoms with Crippen LogP contribution in [0, 0.1) is 0 Å². The fraction of sp³-hybridized carbons (Fsp3) is 0.545. The molecular weight excluding hydrogens is 364 g/mol. The van der Waals surface area contributed by atoms with E-state index in [4.69, 9.17) is 5.73 Å². The molecule has 29 heavy (non-hydrogen) atoms. The van der Waals surface area contributed by atoms with Crippen LogP contribution in [0.15, 0.2) is 24.5 Å². The van der Waals surface area contributed by atoms with Crippen LogP contribution in [0.4, 0.5) is 11.8 Å². The highest BCUT2D eigenvalue weighted by molar-refractivity contribution is 5.94. The van der Waals surface area contributed by atoms with Crippen LogP contribution >= 0.6 is 0 Å². The van der Waals surface area contributed by atoms with Gasteiger partial charge in [-0.1, -0.05) is 0 Å². The molecule has 2 aromatic rings. The van der Waals surface area contributed by atoms with Gasteiger partial charge in [0.1, 0.15) is 5.82 Å². The van der Waals surface area contributed by atoms with Crippen molar-refractivity contribution in [3.63, 3.8) is 0 Å². The summed E-state index contributed by atoms with van der Waals surface area (Å²) in [5.41, 5.74) is 8.98. The summed E-state index contributed by atoms with van der Waals surface area (Å²) in [7, 11) is 0. The van der Waals surface area contributed by atoms with E-state index in [1.165, 1.54) is 12.0 Å². The van der Waals surface area contributed by atoms with E-state index in [0.717, 1.165) is 76.2 Å². The number of anilines is 2. The smallest absolute Gasteiger partial charge is 0.255 e. The van der Waals surface area contributed by atoms with Crippen LogP contribution in [0.5, 0.6) is 0 Å². The standard InChI is InChI=1S/C22H28N6O/c23-21-25-13-16-7-9-22(19(16)26-21)8-4-12-28(15-22)18-6-5-17(14-24-18)20(29)27-10-2-1-3-11-27/h5-6,13-14H,1-4,7-12,15H2,(H2,23,25,26). The topological polar surface area (TPSA) is 88.2 Å². The molecule has 1 aliphatic carbocycles. The molecule has 0 aromatic carbocycles. The number of nitrogens with two attached hydrogens (primary N) is 1. The van der Waals surface area contributed by atoms with E-state index >= 15 is 0 Å². The molecule has 0 saturated carbocycles. The summed E-state index contributed by atoms with van der Waals surface area (Å²) in [6.45, 7) is 3.59. The number of aromatic nitrogens is 3. The van der Waals surface area contributed by atoms with Gasteiger partial charge in [-0.05, 0) is 62.6 Å². The molecule has 1 spiro atoms. The van der Waals surface area contributed by atoms with E-state index in [2.05, 4.69) is 19.9 Å². The Hall–Kier alpha value is -2.70. The van der Waals surface area contributed by atoms with Gasteiger partial charge in [-0.2, -0.15) is 0 Å². The van der Waals surface area contributed by atoms with E-state index < -0.39 is 0 Å². The molecule has 0 bridgehead atoms. The predicted octanol–water partition coefficient (Wildman–Crippen LogP) is 2.56. The van der Waals surface area contributed by atoms with E-state index in [1.54, 1.807) is 6.20 Å². The first-order valence-corrected chi connectivity index (χ1v) is 10.8. The Labute approximate surface area is 171 Å². The van der Waals surface area contributed by atoms with Gasteiger partial charge in [-0.25, -0.2) is 15.0 Å². The molecule has 2 N–H and O–H groups in total. The number of hydrogen-bond donors (Lipinski definition) is 1. The summed E-state index contributed by atoms with van der Waals surface area (Å²) in [6, 6.07) is 3.93. The molecule has 4 heterocycles. The molecule has 1 amide bonds. The zero-order chi connectivity index (χ0) is 19.8. The van der Waals surface area contributed by atoms with Crippen LogP contribution in [0.3, 0.4) is 0 Å². The average molecular weight is 393 g/mol. The Morgan fingerprint density at radius 1 is 1.00 bits per heavy atom. The zero-order valence-corrected chi connectivity index (χ0v) is 16.8. The van der Waals surface area contributed by atoms with Crippen LogP contribution in [0.25, 0.3) is 0 Å². The molecule has 0 radical (unpaired) electrons. The molecule has 2 saturated heterocycles. The molecule has 1 unspecified atom stereocenters. The van der Waals surface area contributed by atoms with Crippen molar-refractivity contribution in [3.05, 3.63) is 41.3 Å². The summed E-state index contributed by atoms with van der Waals surface area (Å²) >= 11 is 0. The van der Waals surface area contributed by atoms with Gasteiger partial charge in [0, 0.05) is 44.0 Å². The number of amides is 1. The maximum Gasteiger partial charge on any atom is 0.255 e. The number of carbonyl (C=O) groups is 1. The quantitative estimate of drug-likeness (QED) is 0.845. The summed E-state index contributed by atoms with van der Waals surface area (Å²) in [5, 5.41) is 0. The molecule has 1 atom stereocenters. The second-order valence-electron chi connectivity index (χ2n) is 8.67. The number of hydrogen-bond acceptors (Lipinski definition) is 6. The van der Waals surface area contributed by atoms with Crippen molar-refractivity contribution in [1.82, 2.24) is 19.9 Å². The van der Waals surface area contributed by atoms with Crippen molar-refractivity contribution in [3.8, 4) is 0 Å². The molecule has 2 aromatic heterocycles. The number of nitrogen functional groups attached to an aromatic ring is 1. The Morgan fingerprint density at radius 3 is 2.66 bits per heavy atom. The van der Waals surface area contributed by atoms with Gasteiger partial charge in [0.05, 0.1) is 11.3 Å². The highest BCUT2D eigenvalue weighted by Crippen LogP contribution is 2.44. The van der Waals surface area contributed by atoms with Crippen LogP contribution in [0.1, 0.15) is 60.1 Å². The second-order valence-corrected chi connectivity index (χ2v) is 8.67. The maximum atomic E-state index is 12.7. The summed E-state index contributed by atoms with van der Waals surface area (Å²) < 4.78 is 0. The second kappa shape index (κ2) is 7.28. The van der Waals surface area contributed by atoms with Crippen LogP contribution in [0.2, 0.25) is 0 Å². The SMILES string of the molecule is Nc1ncc2c(n1)C1(CCCN(c3ccc(C(=O)N4CCCCC4)cn3)C1)CC2. The molecule has 2 aliphatic heterocycles. The first-order chi connectivity index (χ1) is 14.1. The monoisotopic (exact) mass is 392 g/mol. The Balaban J connectivity index is 1.34. The fourth-order valence-corrected chi connectivity index (χ4v) is 5.26. The Morgan fingerprint density at radius 2 is 1.86 bits per heavy atom. The number of pyridine rings is 1. The van der Waals surface area contributed by atoms with Gasteiger partial charge < -0.3 is 15.5 Å². The van der Waals surface area contributed by atoms with Gasteiger partial charge in [0.25, 0.3) is 5.91 Å². The van der Waals surface area contributed by atoms with Crippen molar-refractivity contribution in [1.29, 1.82) is 0 Å². The minimum atomic E-state index is 0.0363. The molecule has 5 rings (SSSR count). The highest BCUT2D eigenvalue weighted by atomic mass is 16.2. The van der Waals surface area contributed by atoms with Crippen molar-refractivity contribution in [2.24, 2.45) is 0 Å². The molecular formula is C22H28N6O. The van der Waals surface area contributed by atoms with Crippen LogP contribution in [-0.4, -0.2) is 51.9 Å². The van der Waals surface area contributed by atoms with Crippen molar-refractivity contribution >= 4 is 17.7 Å². The van der Waals surface area contributed by atoms with E-state index in [9.17, 15) is 4.79 Å². The lowest BCUT2D eigenvalue weighted by molar-refractivity contribution is 0.0724.